The summed E-state index contributed by atoms with van der Waals surface area (Å²) >= 11 is 5.97. The Morgan fingerprint density at radius 2 is 2.00 bits per heavy atom. The number of halogens is 1. The molecule has 2 amide bonds. The van der Waals surface area contributed by atoms with Crippen molar-refractivity contribution in [3.63, 3.8) is 0 Å². The average molecular weight is 361 g/mol. The molecule has 0 spiro atoms. The molecule has 1 aliphatic heterocycles. The zero-order valence-corrected chi connectivity index (χ0v) is 14.5. The van der Waals surface area contributed by atoms with E-state index in [1.54, 1.807) is 36.4 Å². The molecule has 0 aliphatic carbocycles. The molecule has 1 atom stereocenters. The van der Waals surface area contributed by atoms with Crippen LogP contribution in [-0.4, -0.2) is 25.0 Å². The van der Waals surface area contributed by atoms with Crippen molar-refractivity contribution in [3.8, 4) is 11.5 Å². The van der Waals surface area contributed by atoms with E-state index in [-0.39, 0.29) is 11.8 Å². The molecule has 2 N–H and O–H groups in total. The molecular weight excluding hydrogens is 344 g/mol. The number of fused-ring (bicyclic) bond motifs is 1. The number of hydrogen-bond acceptors (Lipinski definition) is 4. The van der Waals surface area contributed by atoms with E-state index in [9.17, 15) is 9.59 Å². The predicted octanol–water partition coefficient (Wildman–Crippen LogP) is 3.25. The molecule has 0 saturated carbocycles. The van der Waals surface area contributed by atoms with Gasteiger partial charge in [-0.1, -0.05) is 11.6 Å². The first-order valence-corrected chi connectivity index (χ1v) is 8.05. The summed E-state index contributed by atoms with van der Waals surface area (Å²) in [5, 5.41) is 6.07. The van der Waals surface area contributed by atoms with Gasteiger partial charge in [-0.2, -0.15) is 0 Å². The van der Waals surface area contributed by atoms with Gasteiger partial charge in [-0.05, 0) is 42.0 Å². The maximum absolute atomic E-state index is 12.6. The van der Waals surface area contributed by atoms with Gasteiger partial charge in [0.1, 0.15) is 11.5 Å². The maximum atomic E-state index is 12.6. The Morgan fingerprint density at radius 1 is 1.20 bits per heavy atom. The van der Waals surface area contributed by atoms with Crippen LogP contribution in [0, 0.1) is 0 Å². The van der Waals surface area contributed by atoms with Gasteiger partial charge in [-0.25, -0.2) is 0 Å². The Hall–Kier alpha value is -2.73. The Labute approximate surface area is 150 Å². The maximum Gasteiger partial charge on any atom is 0.265 e. The number of ether oxygens (including phenoxy) is 2. The van der Waals surface area contributed by atoms with Gasteiger partial charge in [0.2, 0.25) is 5.91 Å². The summed E-state index contributed by atoms with van der Waals surface area (Å²) in [6, 6.07) is 10.3. The Kier molecular flexibility index (Phi) is 4.81. The van der Waals surface area contributed by atoms with E-state index in [0.29, 0.717) is 34.3 Å². The van der Waals surface area contributed by atoms with E-state index in [1.165, 1.54) is 14.0 Å². The van der Waals surface area contributed by atoms with Crippen molar-refractivity contribution in [2.24, 2.45) is 0 Å². The van der Waals surface area contributed by atoms with E-state index in [0.717, 1.165) is 5.56 Å². The topological polar surface area (TPSA) is 76.7 Å². The molecule has 2 aromatic carbocycles. The molecule has 130 valence electrons. The minimum Gasteiger partial charge on any atom is -0.495 e. The number of carbonyl (C=O) groups excluding carboxylic acids is 2. The Balaban J connectivity index is 1.76. The lowest BCUT2D eigenvalue weighted by Crippen LogP contribution is -2.31. The SMILES string of the molecule is COc1ccc(NC(C)=O)cc1NC(=O)[C@@H]1Cc2cc(Cl)ccc2O1. The van der Waals surface area contributed by atoms with E-state index in [1.807, 2.05) is 0 Å². The number of amides is 2. The first-order chi connectivity index (χ1) is 12.0. The van der Waals surface area contributed by atoms with Crippen LogP contribution in [0.2, 0.25) is 5.02 Å². The zero-order chi connectivity index (χ0) is 18.0. The fraction of sp³-hybridized carbons (Fsp3) is 0.222. The van der Waals surface area contributed by atoms with Crippen molar-refractivity contribution >= 4 is 34.8 Å². The molecule has 0 radical (unpaired) electrons. The summed E-state index contributed by atoms with van der Waals surface area (Å²) < 4.78 is 10.9. The summed E-state index contributed by atoms with van der Waals surface area (Å²) in [5.74, 6) is 0.643. The summed E-state index contributed by atoms with van der Waals surface area (Å²) in [5.41, 5.74) is 1.91. The van der Waals surface area contributed by atoms with Gasteiger partial charge in [0.25, 0.3) is 5.91 Å². The fourth-order valence-corrected chi connectivity index (χ4v) is 2.86. The molecule has 0 aromatic heterocycles. The Morgan fingerprint density at radius 3 is 2.72 bits per heavy atom. The van der Waals surface area contributed by atoms with Crippen molar-refractivity contribution < 1.29 is 19.1 Å². The highest BCUT2D eigenvalue weighted by Crippen LogP contribution is 2.33. The average Bonchev–Trinajstić information content (AvgIpc) is 2.98. The summed E-state index contributed by atoms with van der Waals surface area (Å²) in [6.45, 7) is 1.41. The third kappa shape index (κ3) is 3.85. The van der Waals surface area contributed by atoms with Crippen LogP contribution >= 0.6 is 11.6 Å². The van der Waals surface area contributed by atoms with Crippen molar-refractivity contribution in [3.05, 3.63) is 47.0 Å². The van der Waals surface area contributed by atoms with Crippen LogP contribution in [0.3, 0.4) is 0 Å². The summed E-state index contributed by atoms with van der Waals surface area (Å²) in [4.78, 5) is 23.8. The molecule has 6 nitrogen and oxygen atoms in total. The van der Waals surface area contributed by atoms with Crippen LogP contribution in [0.1, 0.15) is 12.5 Å². The van der Waals surface area contributed by atoms with Crippen LogP contribution in [-0.2, 0) is 16.0 Å². The minimum atomic E-state index is -0.650. The van der Waals surface area contributed by atoms with Gasteiger partial charge in [0.15, 0.2) is 6.10 Å². The van der Waals surface area contributed by atoms with Crippen LogP contribution in [0.15, 0.2) is 36.4 Å². The predicted molar refractivity (Wildman–Crippen MR) is 95.5 cm³/mol. The lowest BCUT2D eigenvalue weighted by Gasteiger charge is -2.15. The van der Waals surface area contributed by atoms with Gasteiger partial charge in [0, 0.05) is 24.1 Å². The first kappa shape index (κ1) is 17.1. The third-order valence-electron chi connectivity index (χ3n) is 3.77. The normalized spacial score (nSPS) is 15.1. The van der Waals surface area contributed by atoms with E-state index < -0.39 is 6.10 Å². The molecule has 0 unspecified atom stereocenters. The number of carbonyl (C=O) groups is 2. The molecule has 0 bridgehead atoms. The van der Waals surface area contributed by atoms with Crippen LogP contribution in [0.25, 0.3) is 0 Å². The molecule has 1 heterocycles. The second kappa shape index (κ2) is 7.03. The molecule has 25 heavy (non-hydrogen) atoms. The minimum absolute atomic E-state index is 0.200. The lowest BCUT2D eigenvalue weighted by atomic mass is 10.1. The summed E-state index contributed by atoms with van der Waals surface area (Å²) in [6.07, 6.45) is -0.210. The zero-order valence-electron chi connectivity index (χ0n) is 13.8. The number of rotatable bonds is 4. The van der Waals surface area contributed by atoms with Gasteiger partial charge < -0.3 is 20.1 Å². The lowest BCUT2D eigenvalue weighted by molar-refractivity contribution is -0.122. The fourth-order valence-electron chi connectivity index (χ4n) is 2.66. The highest BCUT2D eigenvalue weighted by molar-refractivity contribution is 6.30. The third-order valence-corrected chi connectivity index (χ3v) is 4.00. The Bertz CT molecular complexity index is 838. The molecule has 3 rings (SSSR count). The van der Waals surface area contributed by atoms with Gasteiger partial charge >= 0.3 is 0 Å². The molecular formula is C18H17ClN2O4. The number of anilines is 2. The van der Waals surface area contributed by atoms with E-state index >= 15 is 0 Å². The highest BCUT2D eigenvalue weighted by Gasteiger charge is 2.29. The molecule has 1 aliphatic rings. The molecule has 2 aromatic rings. The summed E-state index contributed by atoms with van der Waals surface area (Å²) in [7, 11) is 1.51. The monoisotopic (exact) mass is 360 g/mol. The second-order valence-electron chi connectivity index (χ2n) is 5.65. The quantitative estimate of drug-likeness (QED) is 0.877. The van der Waals surface area contributed by atoms with Gasteiger partial charge in [-0.15, -0.1) is 0 Å². The second-order valence-corrected chi connectivity index (χ2v) is 6.08. The number of methoxy groups -OCH3 is 1. The highest BCUT2D eigenvalue weighted by atomic mass is 35.5. The van der Waals surface area contributed by atoms with Crippen LogP contribution in [0.5, 0.6) is 11.5 Å². The number of nitrogens with one attached hydrogen (secondary N) is 2. The van der Waals surface area contributed by atoms with Crippen molar-refractivity contribution in [1.29, 1.82) is 0 Å². The van der Waals surface area contributed by atoms with Gasteiger partial charge in [-0.3, -0.25) is 9.59 Å². The smallest absolute Gasteiger partial charge is 0.265 e. The van der Waals surface area contributed by atoms with Crippen LogP contribution in [0.4, 0.5) is 11.4 Å². The molecule has 0 fully saturated rings. The first-order valence-electron chi connectivity index (χ1n) is 7.68. The van der Waals surface area contributed by atoms with Crippen molar-refractivity contribution in [2.45, 2.75) is 19.4 Å². The van der Waals surface area contributed by atoms with Gasteiger partial charge in [0.05, 0.1) is 12.8 Å². The van der Waals surface area contributed by atoms with E-state index in [4.69, 9.17) is 21.1 Å². The van der Waals surface area contributed by atoms with E-state index in [2.05, 4.69) is 10.6 Å². The van der Waals surface area contributed by atoms with Crippen molar-refractivity contribution in [1.82, 2.24) is 0 Å². The van der Waals surface area contributed by atoms with Crippen molar-refractivity contribution in [2.75, 3.05) is 17.7 Å². The standard InChI is InChI=1S/C18H17ClN2O4/c1-10(22)20-13-4-6-16(24-2)14(9-13)21-18(23)17-8-11-7-12(19)3-5-15(11)25-17/h3-7,9,17H,8H2,1-2H3,(H,20,22)(H,21,23)/t17-/m0/s1. The molecule has 0 saturated heterocycles. The number of benzene rings is 2. The largest absolute Gasteiger partial charge is 0.495 e. The molecule has 7 heteroatoms. The number of hydrogen-bond donors (Lipinski definition) is 2. The van der Waals surface area contributed by atoms with Crippen LogP contribution < -0.4 is 20.1 Å².